The molecule has 0 spiro atoms. The zero-order chi connectivity index (χ0) is 17.3. The zero-order valence-corrected chi connectivity index (χ0v) is 15.4. The molecule has 1 aromatic carbocycles. The largest absolute Gasteiger partial charge is 0.464 e. The van der Waals surface area contributed by atoms with E-state index in [1.807, 2.05) is 18.2 Å². The van der Waals surface area contributed by atoms with E-state index >= 15 is 0 Å². The van der Waals surface area contributed by atoms with E-state index in [9.17, 15) is 4.79 Å². The normalized spacial score (nSPS) is 15.0. The van der Waals surface area contributed by atoms with Crippen LogP contribution in [0.1, 0.15) is 31.5 Å². The highest BCUT2D eigenvalue weighted by molar-refractivity contribution is 6.31. The monoisotopic (exact) mass is 348 g/mol. The van der Waals surface area contributed by atoms with Gasteiger partial charge in [-0.05, 0) is 49.6 Å². The topological polar surface area (TPSA) is 34.5 Å². The van der Waals surface area contributed by atoms with Gasteiger partial charge in [0.25, 0.3) is 0 Å². The molecule has 4 nitrogen and oxygen atoms in total. The standard InChI is InChI=1S/C19H25ClN2O2/c1-13(2)7-9-24-19(23)12-22-17-5-4-14(20)10-16(17)15-6-8-21(3)11-18(15)22/h4-5,10,13H,6-9,11-12H2,1-3H3. The van der Waals surface area contributed by atoms with E-state index < -0.39 is 0 Å². The first-order chi connectivity index (χ1) is 11.5. The molecule has 2 aromatic rings. The minimum absolute atomic E-state index is 0.168. The first kappa shape index (κ1) is 17.3. The molecule has 1 aliphatic rings. The molecular formula is C19H25ClN2O2. The van der Waals surface area contributed by atoms with Crippen molar-refractivity contribution in [3.8, 4) is 0 Å². The van der Waals surface area contributed by atoms with Crippen molar-refractivity contribution in [3.63, 3.8) is 0 Å². The Hall–Kier alpha value is -1.52. The molecule has 24 heavy (non-hydrogen) atoms. The van der Waals surface area contributed by atoms with Crippen LogP contribution in [0.4, 0.5) is 0 Å². The number of ether oxygens (including phenoxy) is 1. The van der Waals surface area contributed by atoms with Crippen LogP contribution in [0, 0.1) is 5.92 Å². The van der Waals surface area contributed by atoms with E-state index in [4.69, 9.17) is 16.3 Å². The number of aromatic nitrogens is 1. The van der Waals surface area contributed by atoms with Gasteiger partial charge >= 0.3 is 5.97 Å². The molecule has 130 valence electrons. The van der Waals surface area contributed by atoms with E-state index in [0.717, 1.165) is 36.5 Å². The number of carbonyl (C=O) groups is 1. The van der Waals surface area contributed by atoms with Crippen molar-refractivity contribution in [2.75, 3.05) is 20.2 Å². The van der Waals surface area contributed by atoms with Crippen LogP contribution in [0.15, 0.2) is 18.2 Å². The third kappa shape index (κ3) is 3.60. The summed E-state index contributed by atoms with van der Waals surface area (Å²) in [6, 6.07) is 5.92. The van der Waals surface area contributed by atoms with Crippen LogP contribution in [0.3, 0.4) is 0 Å². The van der Waals surface area contributed by atoms with Crippen LogP contribution in [-0.4, -0.2) is 35.6 Å². The van der Waals surface area contributed by atoms with Gasteiger partial charge in [-0.1, -0.05) is 25.4 Å². The Kier molecular flexibility index (Phi) is 5.16. The number of carbonyl (C=O) groups excluding carboxylic acids is 1. The quantitative estimate of drug-likeness (QED) is 0.769. The van der Waals surface area contributed by atoms with E-state index in [2.05, 4.69) is 30.4 Å². The van der Waals surface area contributed by atoms with Gasteiger partial charge in [-0.2, -0.15) is 0 Å². The van der Waals surface area contributed by atoms with Gasteiger partial charge in [0.05, 0.1) is 6.61 Å². The van der Waals surface area contributed by atoms with Gasteiger partial charge < -0.3 is 14.2 Å². The third-order valence-corrected chi connectivity index (χ3v) is 4.89. The van der Waals surface area contributed by atoms with Crippen molar-refractivity contribution in [2.24, 2.45) is 5.92 Å². The van der Waals surface area contributed by atoms with Crippen molar-refractivity contribution >= 4 is 28.5 Å². The van der Waals surface area contributed by atoms with Gasteiger partial charge in [-0.3, -0.25) is 4.79 Å². The molecule has 0 saturated heterocycles. The maximum absolute atomic E-state index is 12.3. The molecule has 5 heteroatoms. The number of likely N-dealkylation sites (N-methyl/N-ethyl adjacent to an activating group) is 1. The SMILES string of the molecule is CC(C)CCOC(=O)Cn1c2c(c3cc(Cl)ccc31)CCN(C)C2. The molecule has 0 saturated carbocycles. The fourth-order valence-corrected chi connectivity index (χ4v) is 3.48. The summed E-state index contributed by atoms with van der Waals surface area (Å²) >= 11 is 6.19. The molecule has 2 heterocycles. The summed E-state index contributed by atoms with van der Waals surface area (Å²) in [4.78, 5) is 14.6. The molecule has 1 aliphatic heterocycles. The highest BCUT2D eigenvalue weighted by atomic mass is 35.5. The molecule has 3 rings (SSSR count). The molecule has 0 radical (unpaired) electrons. The van der Waals surface area contributed by atoms with E-state index in [1.165, 1.54) is 16.6 Å². The van der Waals surface area contributed by atoms with Crippen molar-refractivity contribution in [2.45, 2.75) is 39.8 Å². The predicted molar refractivity (Wildman–Crippen MR) is 97.4 cm³/mol. The molecule has 0 aliphatic carbocycles. The second-order valence-corrected chi connectivity index (χ2v) is 7.50. The summed E-state index contributed by atoms with van der Waals surface area (Å²) in [5, 5.41) is 1.90. The van der Waals surface area contributed by atoms with Crippen LogP contribution in [0.2, 0.25) is 5.02 Å². The van der Waals surface area contributed by atoms with Gasteiger partial charge in [-0.15, -0.1) is 0 Å². The lowest BCUT2D eigenvalue weighted by Crippen LogP contribution is -2.28. The van der Waals surface area contributed by atoms with Gasteiger partial charge in [0.15, 0.2) is 0 Å². The summed E-state index contributed by atoms with van der Waals surface area (Å²) < 4.78 is 7.52. The van der Waals surface area contributed by atoms with Crippen molar-refractivity contribution < 1.29 is 9.53 Å². The lowest BCUT2D eigenvalue weighted by Gasteiger charge is -2.24. The van der Waals surface area contributed by atoms with Crippen LogP contribution < -0.4 is 0 Å². The van der Waals surface area contributed by atoms with Gasteiger partial charge in [-0.25, -0.2) is 0 Å². The minimum Gasteiger partial charge on any atom is -0.464 e. The van der Waals surface area contributed by atoms with E-state index in [-0.39, 0.29) is 12.5 Å². The Morgan fingerprint density at radius 2 is 2.17 bits per heavy atom. The molecule has 0 bridgehead atoms. The number of esters is 1. The first-order valence-electron chi connectivity index (χ1n) is 8.59. The number of halogens is 1. The summed E-state index contributed by atoms with van der Waals surface area (Å²) in [5.74, 6) is 0.368. The fraction of sp³-hybridized carbons (Fsp3) is 0.526. The smallest absolute Gasteiger partial charge is 0.325 e. The van der Waals surface area contributed by atoms with Gasteiger partial charge in [0.1, 0.15) is 6.54 Å². The van der Waals surface area contributed by atoms with Gasteiger partial charge in [0, 0.05) is 34.7 Å². The fourth-order valence-electron chi connectivity index (χ4n) is 3.31. The number of hydrogen-bond donors (Lipinski definition) is 0. The van der Waals surface area contributed by atoms with Gasteiger partial charge in [0.2, 0.25) is 0 Å². The van der Waals surface area contributed by atoms with Crippen molar-refractivity contribution in [3.05, 3.63) is 34.5 Å². The number of hydrogen-bond acceptors (Lipinski definition) is 3. The van der Waals surface area contributed by atoms with Crippen LogP contribution in [-0.2, 0) is 29.0 Å². The summed E-state index contributed by atoms with van der Waals surface area (Å²) in [5.41, 5.74) is 3.60. The average Bonchev–Trinajstić information content (AvgIpc) is 2.80. The molecule has 0 amide bonds. The molecule has 0 atom stereocenters. The maximum atomic E-state index is 12.3. The van der Waals surface area contributed by atoms with Crippen LogP contribution in [0.5, 0.6) is 0 Å². The molecule has 0 N–H and O–H groups in total. The first-order valence-corrected chi connectivity index (χ1v) is 8.97. The second-order valence-electron chi connectivity index (χ2n) is 7.06. The zero-order valence-electron chi connectivity index (χ0n) is 14.6. The Balaban J connectivity index is 1.89. The number of nitrogens with zero attached hydrogens (tertiary/aromatic N) is 2. The number of fused-ring (bicyclic) bond motifs is 3. The Labute approximate surface area is 148 Å². The minimum atomic E-state index is -0.168. The highest BCUT2D eigenvalue weighted by Gasteiger charge is 2.23. The lowest BCUT2D eigenvalue weighted by molar-refractivity contribution is -0.144. The number of rotatable bonds is 5. The van der Waals surface area contributed by atoms with Crippen molar-refractivity contribution in [1.29, 1.82) is 0 Å². The third-order valence-electron chi connectivity index (χ3n) is 4.66. The molecule has 0 unspecified atom stereocenters. The predicted octanol–water partition coefficient (Wildman–Crippen LogP) is 3.87. The Morgan fingerprint density at radius 3 is 2.92 bits per heavy atom. The maximum Gasteiger partial charge on any atom is 0.325 e. The summed E-state index contributed by atoms with van der Waals surface area (Å²) in [6.07, 6.45) is 1.88. The number of benzene rings is 1. The molecular weight excluding hydrogens is 324 g/mol. The Morgan fingerprint density at radius 1 is 1.38 bits per heavy atom. The second kappa shape index (κ2) is 7.16. The summed E-state index contributed by atoms with van der Waals surface area (Å²) in [6.45, 7) is 6.88. The molecule has 0 fully saturated rings. The van der Waals surface area contributed by atoms with Crippen LogP contribution >= 0.6 is 11.6 Å². The van der Waals surface area contributed by atoms with Crippen molar-refractivity contribution in [1.82, 2.24) is 9.47 Å². The van der Waals surface area contributed by atoms with Crippen LogP contribution in [0.25, 0.3) is 10.9 Å². The Bertz CT molecular complexity index is 751. The molecule has 1 aromatic heterocycles. The highest BCUT2D eigenvalue weighted by Crippen LogP contribution is 2.32. The average molecular weight is 349 g/mol. The van der Waals surface area contributed by atoms with E-state index in [0.29, 0.717) is 12.5 Å². The summed E-state index contributed by atoms with van der Waals surface area (Å²) in [7, 11) is 2.11. The van der Waals surface area contributed by atoms with E-state index in [1.54, 1.807) is 0 Å². The lowest BCUT2D eigenvalue weighted by atomic mass is 10.0.